The van der Waals surface area contributed by atoms with Gasteiger partial charge in [-0.3, -0.25) is 9.69 Å². The number of carbonyl (C=O) groups excluding carboxylic acids is 1. The van der Waals surface area contributed by atoms with E-state index >= 15 is 0 Å². The normalized spacial score (nSPS) is 18.2. The molecule has 0 aliphatic carbocycles. The van der Waals surface area contributed by atoms with Crippen molar-refractivity contribution < 1.29 is 4.79 Å². The average molecular weight is 241 g/mol. The van der Waals surface area contributed by atoms with Crippen molar-refractivity contribution in [2.24, 2.45) is 5.73 Å². The highest BCUT2D eigenvalue weighted by atomic mass is 16.1. The molecule has 0 aromatic carbocycles. The maximum atomic E-state index is 11.6. The van der Waals surface area contributed by atoms with Gasteiger partial charge in [0.25, 0.3) is 0 Å². The number of nitrogens with zero attached hydrogens (tertiary/aromatic N) is 1. The summed E-state index contributed by atoms with van der Waals surface area (Å²) in [7, 11) is 0. The lowest BCUT2D eigenvalue weighted by molar-refractivity contribution is -0.121. The molecule has 0 aromatic rings. The van der Waals surface area contributed by atoms with Gasteiger partial charge in [-0.05, 0) is 52.2 Å². The first-order chi connectivity index (χ1) is 8.24. The highest BCUT2D eigenvalue weighted by Gasteiger charge is 2.17. The van der Waals surface area contributed by atoms with Gasteiger partial charge in [0, 0.05) is 19.0 Å². The molecule has 1 fully saturated rings. The predicted octanol–water partition coefficient (Wildman–Crippen LogP) is 1.11. The first kappa shape index (κ1) is 14.5. The lowest BCUT2D eigenvalue weighted by Gasteiger charge is -2.23. The zero-order valence-corrected chi connectivity index (χ0v) is 11.1. The third kappa shape index (κ3) is 6.03. The van der Waals surface area contributed by atoms with Crippen LogP contribution in [0.2, 0.25) is 0 Å². The summed E-state index contributed by atoms with van der Waals surface area (Å²) in [5.74, 6) is 0.188. The molecule has 0 aromatic heterocycles. The second-order valence-corrected chi connectivity index (χ2v) is 5.00. The van der Waals surface area contributed by atoms with Gasteiger partial charge >= 0.3 is 0 Å². The van der Waals surface area contributed by atoms with Crippen LogP contribution in [-0.4, -0.2) is 43.0 Å². The minimum Gasteiger partial charge on any atom is -0.355 e. The van der Waals surface area contributed by atoms with Crippen molar-refractivity contribution in [3.05, 3.63) is 0 Å². The summed E-state index contributed by atoms with van der Waals surface area (Å²) < 4.78 is 0. The Kier molecular flexibility index (Phi) is 7.21. The summed E-state index contributed by atoms with van der Waals surface area (Å²) in [6.07, 6.45) is 6.30. The zero-order valence-electron chi connectivity index (χ0n) is 11.1. The van der Waals surface area contributed by atoms with Crippen LogP contribution >= 0.6 is 0 Å². The Morgan fingerprint density at radius 2 is 2.00 bits per heavy atom. The van der Waals surface area contributed by atoms with Gasteiger partial charge in [0.15, 0.2) is 0 Å². The van der Waals surface area contributed by atoms with Crippen molar-refractivity contribution in [1.29, 1.82) is 0 Å². The minimum atomic E-state index is 0.188. The fourth-order valence-corrected chi connectivity index (χ4v) is 2.27. The highest BCUT2D eigenvalue weighted by Crippen LogP contribution is 2.10. The third-order valence-corrected chi connectivity index (χ3v) is 3.47. The van der Waals surface area contributed by atoms with Gasteiger partial charge < -0.3 is 11.1 Å². The molecule has 0 saturated carbocycles. The van der Waals surface area contributed by atoms with E-state index in [0.717, 1.165) is 32.4 Å². The van der Waals surface area contributed by atoms with Gasteiger partial charge in [0.05, 0.1) is 0 Å². The van der Waals surface area contributed by atoms with Crippen molar-refractivity contribution in [3.8, 4) is 0 Å². The molecule has 3 N–H and O–H groups in total. The Morgan fingerprint density at radius 3 is 2.65 bits per heavy atom. The molecule has 1 aliphatic heterocycles. The van der Waals surface area contributed by atoms with E-state index in [1.54, 1.807) is 0 Å². The molecular formula is C13H27N3O. The molecule has 1 rings (SSSR count). The molecule has 17 heavy (non-hydrogen) atoms. The van der Waals surface area contributed by atoms with Crippen molar-refractivity contribution >= 4 is 5.91 Å². The summed E-state index contributed by atoms with van der Waals surface area (Å²) in [4.78, 5) is 14.0. The van der Waals surface area contributed by atoms with Crippen molar-refractivity contribution in [2.45, 2.75) is 51.5 Å². The first-order valence-corrected chi connectivity index (χ1v) is 6.95. The summed E-state index contributed by atoms with van der Waals surface area (Å²) in [5, 5.41) is 3.02. The van der Waals surface area contributed by atoms with Gasteiger partial charge in [-0.15, -0.1) is 0 Å². The minimum absolute atomic E-state index is 0.188. The van der Waals surface area contributed by atoms with Crippen LogP contribution in [0.5, 0.6) is 0 Å². The number of nitrogens with one attached hydrogen (secondary N) is 1. The highest BCUT2D eigenvalue weighted by molar-refractivity contribution is 5.75. The molecule has 100 valence electrons. The summed E-state index contributed by atoms with van der Waals surface area (Å²) in [6.45, 7) is 6.09. The molecule has 0 spiro atoms. The van der Waals surface area contributed by atoms with Crippen LogP contribution in [0, 0.1) is 0 Å². The molecular weight excluding hydrogens is 214 g/mol. The van der Waals surface area contributed by atoms with Gasteiger partial charge in [0.2, 0.25) is 5.91 Å². The summed E-state index contributed by atoms with van der Waals surface area (Å²) in [5.41, 5.74) is 5.41. The van der Waals surface area contributed by atoms with Gasteiger partial charge in [-0.1, -0.05) is 6.42 Å². The van der Waals surface area contributed by atoms with Crippen LogP contribution in [0.25, 0.3) is 0 Å². The van der Waals surface area contributed by atoms with Crippen molar-refractivity contribution in [2.75, 3.05) is 26.2 Å². The van der Waals surface area contributed by atoms with E-state index in [1.165, 1.54) is 25.9 Å². The quantitative estimate of drug-likeness (QED) is 0.626. The fourth-order valence-electron chi connectivity index (χ4n) is 2.27. The van der Waals surface area contributed by atoms with E-state index in [1.807, 2.05) is 0 Å². The predicted molar refractivity (Wildman–Crippen MR) is 70.8 cm³/mol. The second kappa shape index (κ2) is 8.48. The summed E-state index contributed by atoms with van der Waals surface area (Å²) >= 11 is 0. The molecule has 4 heteroatoms. The van der Waals surface area contributed by atoms with Crippen molar-refractivity contribution in [1.82, 2.24) is 10.2 Å². The molecule has 4 nitrogen and oxygen atoms in total. The molecule has 1 amide bonds. The number of rotatable bonds is 8. The van der Waals surface area contributed by atoms with Crippen LogP contribution in [-0.2, 0) is 4.79 Å². The number of amides is 1. The Hall–Kier alpha value is -0.610. The monoisotopic (exact) mass is 241 g/mol. The lowest BCUT2D eigenvalue weighted by atomic mass is 10.2. The molecule has 0 radical (unpaired) electrons. The van der Waals surface area contributed by atoms with E-state index in [2.05, 4.69) is 17.1 Å². The number of nitrogens with two attached hydrogens (primary N) is 1. The van der Waals surface area contributed by atoms with Crippen LogP contribution in [0.3, 0.4) is 0 Å². The van der Waals surface area contributed by atoms with E-state index in [0.29, 0.717) is 12.5 Å². The molecule has 1 heterocycles. The second-order valence-electron chi connectivity index (χ2n) is 5.00. The Morgan fingerprint density at radius 1 is 1.29 bits per heavy atom. The standard InChI is InChI=1S/C13H27N3O/c1-12(16-9-5-6-10-16)11-15-13(17)7-3-2-4-8-14/h12H,2-11,14H2,1H3,(H,15,17). The first-order valence-electron chi connectivity index (χ1n) is 6.95. The van der Waals surface area contributed by atoms with E-state index in [4.69, 9.17) is 5.73 Å². The Bertz CT molecular complexity index is 215. The number of likely N-dealkylation sites (tertiary alicyclic amines) is 1. The molecule has 1 atom stereocenters. The third-order valence-electron chi connectivity index (χ3n) is 3.47. The average Bonchev–Trinajstić information content (AvgIpc) is 2.85. The SMILES string of the molecule is CC(CNC(=O)CCCCCN)N1CCCC1. The van der Waals surface area contributed by atoms with E-state index in [-0.39, 0.29) is 5.91 Å². The topological polar surface area (TPSA) is 58.4 Å². The molecule has 0 bridgehead atoms. The van der Waals surface area contributed by atoms with E-state index < -0.39 is 0 Å². The maximum absolute atomic E-state index is 11.6. The summed E-state index contributed by atoms with van der Waals surface area (Å²) in [6, 6.07) is 0.477. The van der Waals surface area contributed by atoms with E-state index in [9.17, 15) is 4.79 Å². The largest absolute Gasteiger partial charge is 0.355 e. The Labute approximate surface area is 105 Å². The smallest absolute Gasteiger partial charge is 0.220 e. The fraction of sp³-hybridized carbons (Fsp3) is 0.923. The van der Waals surface area contributed by atoms with Crippen LogP contribution in [0.1, 0.15) is 45.4 Å². The number of hydrogen-bond donors (Lipinski definition) is 2. The molecule has 1 aliphatic rings. The van der Waals surface area contributed by atoms with Gasteiger partial charge in [-0.2, -0.15) is 0 Å². The van der Waals surface area contributed by atoms with Gasteiger partial charge in [-0.25, -0.2) is 0 Å². The van der Waals surface area contributed by atoms with Crippen LogP contribution in [0.15, 0.2) is 0 Å². The number of unbranched alkanes of at least 4 members (excludes halogenated alkanes) is 2. The number of hydrogen-bond acceptors (Lipinski definition) is 3. The lowest BCUT2D eigenvalue weighted by Crippen LogP contribution is -2.40. The maximum Gasteiger partial charge on any atom is 0.220 e. The number of carbonyl (C=O) groups is 1. The molecule has 1 saturated heterocycles. The van der Waals surface area contributed by atoms with Crippen molar-refractivity contribution in [3.63, 3.8) is 0 Å². The van der Waals surface area contributed by atoms with Crippen LogP contribution in [0.4, 0.5) is 0 Å². The van der Waals surface area contributed by atoms with Crippen LogP contribution < -0.4 is 11.1 Å². The Balaban J connectivity index is 2.02. The molecule has 1 unspecified atom stereocenters. The zero-order chi connectivity index (χ0) is 12.5. The van der Waals surface area contributed by atoms with Gasteiger partial charge in [0.1, 0.15) is 0 Å².